The molecule has 3 aromatic carbocycles. The van der Waals surface area contributed by atoms with Gasteiger partial charge in [0.05, 0.1) is 11.6 Å². The summed E-state index contributed by atoms with van der Waals surface area (Å²) in [6.07, 6.45) is 0. The van der Waals surface area contributed by atoms with Gasteiger partial charge in [-0.1, -0.05) is 42.5 Å². The van der Waals surface area contributed by atoms with Gasteiger partial charge in [-0.3, -0.25) is 9.59 Å². The van der Waals surface area contributed by atoms with E-state index >= 15 is 0 Å². The summed E-state index contributed by atoms with van der Waals surface area (Å²) < 4.78 is 14.9. The van der Waals surface area contributed by atoms with E-state index in [-0.39, 0.29) is 18.4 Å². The SMILES string of the molecule is O=C1CN(C(=O)c2ccccc2I)C(c2ccccc2)c2cc(F)ccc2N1. The predicted molar refractivity (Wildman–Crippen MR) is 114 cm³/mol. The van der Waals surface area contributed by atoms with Crippen LogP contribution in [0, 0.1) is 9.39 Å². The highest BCUT2D eigenvalue weighted by Crippen LogP contribution is 2.37. The molecule has 4 rings (SSSR count). The maximum atomic E-state index is 14.1. The molecule has 1 unspecified atom stereocenters. The Hall–Kier alpha value is -2.74. The molecule has 1 atom stereocenters. The third kappa shape index (κ3) is 3.52. The zero-order valence-corrected chi connectivity index (χ0v) is 16.9. The van der Waals surface area contributed by atoms with Gasteiger partial charge in [0.25, 0.3) is 5.91 Å². The Morgan fingerprint density at radius 2 is 1.75 bits per heavy atom. The summed E-state index contributed by atoms with van der Waals surface area (Å²) in [5.74, 6) is -1.01. The van der Waals surface area contributed by atoms with Gasteiger partial charge in [0.2, 0.25) is 5.91 Å². The maximum Gasteiger partial charge on any atom is 0.256 e. The Labute approximate surface area is 175 Å². The Balaban J connectivity index is 1.91. The molecule has 0 saturated heterocycles. The Morgan fingerprint density at radius 1 is 1.04 bits per heavy atom. The molecular formula is C22H16FIN2O2. The molecule has 4 nitrogen and oxygen atoms in total. The van der Waals surface area contributed by atoms with Gasteiger partial charge in [0.1, 0.15) is 12.4 Å². The van der Waals surface area contributed by atoms with Crippen LogP contribution in [0.5, 0.6) is 0 Å². The molecule has 1 aliphatic rings. The first-order valence-electron chi connectivity index (χ1n) is 8.74. The van der Waals surface area contributed by atoms with Crippen molar-refractivity contribution < 1.29 is 14.0 Å². The van der Waals surface area contributed by atoms with Crippen LogP contribution < -0.4 is 5.32 Å². The van der Waals surface area contributed by atoms with Crippen molar-refractivity contribution in [3.8, 4) is 0 Å². The zero-order chi connectivity index (χ0) is 19.7. The van der Waals surface area contributed by atoms with E-state index in [1.807, 2.05) is 42.5 Å². The van der Waals surface area contributed by atoms with E-state index in [0.717, 1.165) is 9.13 Å². The highest BCUT2D eigenvalue weighted by Gasteiger charge is 2.34. The van der Waals surface area contributed by atoms with Gasteiger partial charge in [-0.2, -0.15) is 0 Å². The van der Waals surface area contributed by atoms with E-state index in [0.29, 0.717) is 16.8 Å². The lowest BCUT2D eigenvalue weighted by Gasteiger charge is -2.31. The van der Waals surface area contributed by atoms with Gasteiger partial charge in [-0.25, -0.2) is 4.39 Å². The van der Waals surface area contributed by atoms with Gasteiger partial charge in [-0.15, -0.1) is 0 Å². The van der Waals surface area contributed by atoms with Crippen molar-refractivity contribution in [2.75, 3.05) is 11.9 Å². The molecule has 0 aliphatic carbocycles. The number of carbonyl (C=O) groups excluding carboxylic acids is 2. The predicted octanol–water partition coefficient (Wildman–Crippen LogP) is 4.61. The van der Waals surface area contributed by atoms with E-state index in [1.54, 1.807) is 18.2 Å². The second kappa shape index (κ2) is 7.71. The molecule has 0 saturated carbocycles. The van der Waals surface area contributed by atoms with Crippen molar-refractivity contribution in [2.24, 2.45) is 0 Å². The molecule has 1 heterocycles. The fraction of sp³-hybridized carbons (Fsp3) is 0.0909. The number of nitrogens with one attached hydrogen (secondary N) is 1. The topological polar surface area (TPSA) is 49.4 Å². The summed E-state index contributed by atoms with van der Waals surface area (Å²) in [5, 5.41) is 2.80. The Morgan fingerprint density at radius 3 is 2.50 bits per heavy atom. The van der Waals surface area contributed by atoms with E-state index < -0.39 is 11.9 Å². The standard InChI is InChI=1S/C22H16FIN2O2/c23-15-10-11-19-17(12-15)21(14-6-2-1-3-7-14)26(13-20(27)25-19)22(28)16-8-4-5-9-18(16)24/h1-12,21H,13H2,(H,25,27). The lowest BCUT2D eigenvalue weighted by atomic mass is 9.95. The van der Waals surface area contributed by atoms with Crippen LogP contribution in [0.1, 0.15) is 27.5 Å². The molecule has 1 N–H and O–H groups in total. The number of carbonyl (C=O) groups is 2. The Bertz CT molecular complexity index is 1060. The summed E-state index contributed by atoms with van der Waals surface area (Å²) in [6.45, 7) is -0.125. The first kappa shape index (κ1) is 18.6. The summed E-state index contributed by atoms with van der Waals surface area (Å²) >= 11 is 2.11. The molecule has 0 fully saturated rings. The van der Waals surface area contributed by atoms with Crippen molar-refractivity contribution in [1.29, 1.82) is 0 Å². The van der Waals surface area contributed by atoms with Gasteiger partial charge in [-0.05, 0) is 58.5 Å². The minimum atomic E-state index is -0.589. The second-order valence-corrected chi connectivity index (χ2v) is 7.67. The van der Waals surface area contributed by atoms with Gasteiger partial charge in [0, 0.05) is 14.8 Å². The normalized spacial score (nSPS) is 16.1. The quantitative estimate of drug-likeness (QED) is 0.538. The van der Waals surface area contributed by atoms with Crippen molar-refractivity contribution in [1.82, 2.24) is 4.90 Å². The van der Waals surface area contributed by atoms with Crippen LogP contribution in [-0.4, -0.2) is 23.3 Å². The van der Waals surface area contributed by atoms with Gasteiger partial charge in [0.15, 0.2) is 0 Å². The Kier molecular flexibility index (Phi) is 5.13. The number of fused-ring (bicyclic) bond motifs is 1. The molecule has 2 amide bonds. The number of benzene rings is 3. The van der Waals surface area contributed by atoms with Crippen LogP contribution in [0.15, 0.2) is 72.8 Å². The number of hydrogen-bond acceptors (Lipinski definition) is 2. The fourth-order valence-electron chi connectivity index (χ4n) is 3.45. The van der Waals surface area contributed by atoms with Crippen LogP contribution in [-0.2, 0) is 4.79 Å². The first-order valence-corrected chi connectivity index (χ1v) is 9.82. The number of nitrogens with zero attached hydrogens (tertiary/aromatic N) is 1. The summed E-state index contributed by atoms with van der Waals surface area (Å²) in [5.41, 5.74) is 2.39. The van der Waals surface area contributed by atoms with E-state index in [4.69, 9.17) is 0 Å². The van der Waals surface area contributed by atoms with Gasteiger partial charge >= 0.3 is 0 Å². The number of anilines is 1. The zero-order valence-electron chi connectivity index (χ0n) is 14.7. The molecular weight excluding hydrogens is 470 g/mol. The lowest BCUT2D eigenvalue weighted by Crippen LogP contribution is -2.39. The van der Waals surface area contributed by atoms with E-state index in [9.17, 15) is 14.0 Å². The van der Waals surface area contributed by atoms with Crippen LogP contribution in [0.3, 0.4) is 0 Å². The highest BCUT2D eigenvalue weighted by atomic mass is 127. The smallest absolute Gasteiger partial charge is 0.256 e. The number of rotatable bonds is 2. The third-order valence-electron chi connectivity index (χ3n) is 4.69. The lowest BCUT2D eigenvalue weighted by molar-refractivity contribution is -0.117. The monoisotopic (exact) mass is 486 g/mol. The van der Waals surface area contributed by atoms with Crippen LogP contribution in [0.2, 0.25) is 0 Å². The van der Waals surface area contributed by atoms with Gasteiger partial charge < -0.3 is 10.2 Å². The first-order chi connectivity index (χ1) is 13.5. The average Bonchev–Trinajstić information content (AvgIpc) is 2.84. The molecule has 28 heavy (non-hydrogen) atoms. The molecule has 6 heteroatoms. The molecule has 140 valence electrons. The minimum Gasteiger partial charge on any atom is -0.324 e. The van der Waals surface area contributed by atoms with E-state index in [1.165, 1.54) is 17.0 Å². The van der Waals surface area contributed by atoms with Crippen LogP contribution in [0.4, 0.5) is 10.1 Å². The third-order valence-corrected chi connectivity index (χ3v) is 5.63. The van der Waals surface area contributed by atoms with Crippen molar-refractivity contribution in [3.63, 3.8) is 0 Å². The average molecular weight is 486 g/mol. The van der Waals surface area contributed by atoms with Crippen LogP contribution >= 0.6 is 22.6 Å². The summed E-state index contributed by atoms with van der Waals surface area (Å²) in [7, 11) is 0. The fourth-order valence-corrected chi connectivity index (χ4v) is 4.07. The van der Waals surface area contributed by atoms with Crippen LogP contribution in [0.25, 0.3) is 0 Å². The number of hydrogen-bond donors (Lipinski definition) is 1. The molecule has 0 aromatic heterocycles. The van der Waals surface area contributed by atoms with Crippen molar-refractivity contribution in [2.45, 2.75) is 6.04 Å². The van der Waals surface area contributed by atoms with Crippen molar-refractivity contribution in [3.05, 3.63) is 98.9 Å². The second-order valence-electron chi connectivity index (χ2n) is 6.51. The van der Waals surface area contributed by atoms with Crippen molar-refractivity contribution >= 4 is 40.1 Å². The number of amides is 2. The largest absolute Gasteiger partial charge is 0.324 e. The summed E-state index contributed by atoms with van der Waals surface area (Å²) in [4.78, 5) is 27.5. The molecule has 0 radical (unpaired) electrons. The van der Waals surface area contributed by atoms with E-state index in [2.05, 4.69) is 27.9 Å². The summed E-state index contributed by atoms with van der Waals surface area (Å²) in [6, 6.07) is 20.2. The molecule has 3 aromatic rings. The number of halogens is 2. The maximum absolute atomic E-state index is 14.1. The minimum absolute atomic E-state index is 0.125. The molecule has 0 spiro atoms. The molecule has 0 bridgehead atoms. The highest BCUT2D eigenvalue weighted by molar-refractivity contribution is 14.1. The molecule has 1 aliphatic heterocycles.